The molecule has 1 aromatic carbocycles. The van der Waals surface area contributed by atoms with E-state index in [1.54, 1.807) is 0 Å². The number of ether oxygens (including phenoxy) is 1. The second kappa shape index (κ2) is 5.03. The lowest BCUT2D eigenvalue weighted by Gasteiger charge is -2.04. The zero-order chi connectivity index (χ0) is 13.0. The molecule has 0 bridgehead atoms. The third-order valence-electron chi connectivity index (χ3n) is 1.89. The minimum atomic E-state index is -1.12. The van der Waals surface area contributed by atoms with Gasteiger partial charge in [-0.25, -0.2) is 9.18 Å². The van der Waals surface area contributed by atoms with E-state index >= 15 is 0 Å². The molecule has 0 aliphatic carbocycles. The van der Waals surface area contributed by atoms with Gasteiger partial charge in [0.15, 0.2) is 0 Å². The molecule has 0 aliphatic rings. The maximum absolute atomic E-state index is 13.3. The number of esters is 1. The SMILES string of the molecule is CCOC(=O)c1cc([N+](=O)[O-])cc(F)c1C#N. The summed E-state index contributed by atoms with van der Waals surface area (Å²) in [5, 5.41) is 19.2. The molecule has 0 aromatic heterocycles. The van der Waals surface area contributed by atoms with Crippen LogP contribution in [0.3, 0.4) is 0 Å². The van der Waals surface area contributed by atoms with Crippen LogP contribution in [0.5, 0.6) is 0 Å². The highest BCUT2D eigenvalue weighted by Crippen LogP contribution is 2.21. The lowest BCUT2D eigenvalue weighted by Crippen LogP contribution is -2.09. The molecule has 0 fully saturated rings. The molecule has 17 heavy (non-hydrogen) atoms. The lowest BCUT2D eigenvalue weighted by molar-refractivity contribution is -0.385. The van der Waals surface area contributed by atoms with Crippen molar-refractivity contribution >= 4 is 11.7 Å². The van der Waals surface area contributed by atoms with Crippen LogP contribution in [0.15, 0.2) is 12.1 Å². The first-order valence-corrected chi connectivity index (χ1v) is 4.56. The van der Waals surface area contributed by atoms with Gasteiger partial charge in [0.05, 0.1) is 23.2 Å². The van der Waals surface area contributed by atoms with Crippen LogP contribution in [0.1, 0.15) is 22.8 Å². The molecule has 6 nitrogen and oxygen atoms in total. The Kier molecular flexibility index (Phi) is 3.72. The highest BCUT2D eigenvalue weighted by molar-refractivity contribution is 5.93. The van der Waals surface area contributed by atoms with Crippen LogP contribution in [-0.4, -0.2) is 17.5 Å². The average Bonchev–Trinajstić information content (AvgIpc) is 2.28. The topological polar surface area (TPSA) is 93.2 Å². The molecule has 0 N–H and O–H groups in total. The zero-order valence-electron chi connectivity index (χ0n) is 8.77. The highest BCUT2D eigenvalue weighted by atomic mass is 19.1. The molecule has 0 aliphatic heterocycles. The summed E-state index contributed by atoms with van der Waals surface area (Å²) in [7, 11) is 0. The summed E-state index contributed by atoms with van der Waals surface area (Å²) in [6.07, 6.45) is 0. The van der Waals surface area contributed by atoms with Gasteiger partial charge in [-0.1, -0.05) is 0 Å². The first-order valence-electron chi connectivity index (χ1n) is 4.56. The van der Waals surface area contributed by atoms with Crippen molar-refractivity contribution in [3.8, 4) is 6.07 Å². The predicted molar refractivity (Wildman–Crippen MR) is 53.7 cm³/mol. The molecule has 0 saturated carbocycles. The van der Waals surface area contributed by atoms with Crippen LogP contribution in [0, 0.1) is 27.3 Å². The van der Waals surface area contributed by atoms with E-state index in [2.05, 4.69) is 4.74 Å². The van der Waals surface area contributed by atoms with E-state index in [9.17, 15) is 19.3 Å². The summed E-state index contributed by atoms with van der Waals surface area (Å²) in [5.41, 5.74) is -1.61. The molecule has 0 radical (unpaired) electrons. The van der Waals surface area contributed by atoms with Gasteiger partial charge >= 0.3 is 5.97 Å². The van der Waals surface area contributed by atoms with Crippen molar-refractivity contribution in [2.75, 3.05) is 6.61 Å². The van der Waals surface area contributed by atoms with Crippen molar-refractivity contribution in [1.29, 1.82) is 5.26 Å². The van der Waals surface area contributed by atoms with Crippen molar-refractivity contribution in [3.63, 3.8) is 0 Å². The van der Waals surface area contributed by atoms with Gasteiger partial charge in [0, 0.05) is 6.07 Å². The summed E-state index contributed by atoms with van der Waals surface area (Å²) in [6.45, 7) is 1.55. The van der Waals surface area contributed by atoms with E-state index < -0.39 is 33.5 Å². The molecule has 88 valence electrons. The minimum Gasteiger partial charge on any atom is -0.462 e. The van der Waals surface area contributed by atoms with Crippen LogP contribution in [0.25, 0.3) is 0 Å². The normalized spacial score (nSPS) is 9.47. The van der Waals surface area contributed by atoms with E-state index in [1.165, 1.54) is 13.0 Å². The first-order chi connectivity index (χ1) is 8.01. The number of halogens is 1. The maximum Gasteiger partial charge on any atom is 0.339 e. The number of rotatable bonds is 3. The molecular formula is C10H7FN2O4. The van der Waals surface area contributed by atoms with E-state index in [0.717, 1.165) is 6.07 Å². The Hall–Kier alpha value is -2.49. The minimum absolute atomic E-state index is 0.0218. The number of benzene rings is 1. The summed E-state index contributed by atoms with van der Waals surface area (Å²) < 4.78 is 17.9. The average molecular weight is 238 g/mol. The molecule has 1 rings (SSSR count). The van der Waals surface area contributed by atoms with E-state index in [-0.39, 0.29) is 6.61 Å². The van der Waals surface area contributed by atoms with Crippen molar-refractivity contribution in [2.45, 2.75) is 6.92 Å². The zero-order valence-corrected chi connectivity index (χ0v) is 8.77. The van der Waals surface area contributed by atoms with Gasteiger partial charge < -0.3 is 4.74 Å². The summed E-state index contributed by atoms with van der Waals surface area (Å²) in [4.78, 5) is 21.0. The van der Waals surface area contributed by atoms with Crippen molar-refractivity contribution < 1.29 is 18.8 Å². The number of hydrogen-bond acceptors (Lipinski definition) is 5. The number of non-ortho nitro benzene ring substituents is 1. The van der Waals surface area contributed by atoms with E-state index in [0.29, 0.717) is 6.07 Å². The summed E-state index contributed by atoms with van der Waals surface area (Å²) >= 11 is 0. The fourth-order valence-electron chi connectivity index (χ4n) is 1.18. The second-order valence-corrected chi connectivity index (χ2v) is 2.94. The maximum atomic E-state index is 13.3. The van der Waals surface area contributed by atoms with Gasteiger partial charge in [0.25, 0.3) is 5.69 Å². The van der Waals surface area contributed by atoms with Crippen molar-refractivity contribution in [3.05, 3.63) is 39.2 Å². The third-order valence-corrected chi connectivity index (χ3v) is 1.89. The predicted octanol–water partition coefficient (Wildman–Crippen LogP) is 1.78. The quantitative estimate of drug-likeness (QED) is 0.454. The molecule has 0 saturated heterocycles. The van der Waals surface area contributed by atoms with Gasteiger partial charge in [-0.15, -0.1) is 0 Å². The highest BCUT2D eigenvalue weighted by Gasteiger charge is 2.22. The number of nitriles is 1. The van der Waals surface area contributed by atoms with E-state index in [1.807, 2.05) is 0 Å². The molecule has 0 atom stereocenters. The number of carbonyl (C=O) groups is 1. The molecule has 0 unspecified atom stereocenters. The standard InChI is InChI=1S/C10H7FN2O4/c1-2-17-10(14)7-3-6(13(15)16)4-9(11)8(7)5-12/h3-4H,2H2,1H3. The van der Waals surface area contributed by atoms with Crippen molar-refractivity contribution in [2.24, 2.45) is 0 Å². The molecule has 0 spiro atoms. The van der Waals surface area contributed by atoms with Gasteiger partial charge in [0.1, 0.15) is 17.4 Å². The third kappa shape index (κ3) is 2.55. The first kappa shape index (κ1) is 12.6. The monoisotopic (exact) mass is 238 g/mol. The Morgan fingerprint density at radius 1 is 1.65 bits per heavy atom. The molecule has 1 aromatic rings. The van der Waals surface area contributed by atoms with Crippen LogP contribution >= 0.6 is 0 Å². The number of carbonyl (C=O) groups excluding carboxylic acids is 1. The van der Waals surface area contributed by atoms with Crippen LogP contribution < -0.4 is 0 Å². The Balaban J connectivity index is 3.40. The Morgan fingerprint density at radius 2 is 2.29 bits per heavy atom. The fourth-order valence-corrected chi connectivity index (χ4v) is 1.18. The largest absolute Gasteiger partial charge is 0.462 e. The van der Waals surface area contributed by atoms with Crippen LogP contribution in [0.4, 0.5) is 10.1 Å². The Morgan fingerprint density at radius 3 is 2.76 bits per heavy atom. The molecule has 0 heterocycles. The van der Waals surface area contributed by atoms with E-state index in [4.69, 9.17) is 5.26 Å². The molecular weight excluding hydrogens is 231 g/mol. The fraction of sp³-hybridized carbons (Fsp3) is 0.200. The second-order valence-electron chi connectivity index (χ2n) is 2.94. The summed E-state index contributed by atoms with van der Waals surface area (Å²) in [5.74, 6) is -2.09. The van der Waals surface area contributed by atoms with Gasteiger partial charge in [0.2, 0.25) is 0 Å². The molecule has 7 heteroatoms. The lowest BCUT2D eigenvalue weighted by atomic mass is 10.1. The van der Waals surface area contributed by atoms with Crippen LogP contribution in [-0.2, 0) is 4.74 Å². The number of nitrogens with zero attached hydrogens (tertiary/aromatic N) is 2. The van der Waals surface area contributed by atoms with Gasteiger partial charge in [-0.3, -0.25) is 10.1 Å². The van der Waals surface area contributed by atoms with Gasteiger partial charge in [-0.05, 0) is 6.92 Å². The molecule has 0 amide bonds. The number of nitro groups is 1. The van der Waals surface area contributed by atoms with Gasteiger partial charge in [-0.2, -0.15) is 5.26 Å². The van der Waals surface area contributed by atoms with Crippen LogP contribution in [0.2, 0.25) is 0 Å². The Bertz CT molecular complexity index is 522. The Labute approximate surface area is 95.4 Å². The number of nitro benzene ring substituents is 1. The number of hydrogen-bond donors (Lipinski definition) is 0. The smallest absolute Gasteiger partial charge is 0.339 e. The summed E-state index contributed by atoms with van der Waals surface area (Å²) in [6, 6.07) is 2.87. The van der Waals surface area contributed by atoms with Crippen molar-refractivity contribution in [1.82, 2.24) is 0 Å².